The van der Waals surface area contributed by atoms with Crippen LogP contribution in [0.2, 0.25) is 0 Å². The van der Waals surface area contributed by atoms with Gasteiger partial charge in [0.05, 0.1) is 14.2 Å². The Morgan fingerprint density at radius 1 is 0.933 bits per heavy atom. The predicted octanol–water partition coefficient (Wildman–Crippen LogP) is 2.10. The van der Waals surface area contributed by atoms with Gasteiger partial charge < -0.3 is 24.8 Å². The number of methoxy groups -OCH3 is 2. The van der Waals surface area contributed by atoms with Gasteiger partial charge in [0.25, 0.3) is 11.8 Å². The maximum atomic E-state index is 12.2. The molecule has 158 valence electrons. The summed E-state index contributed by atoms with van der Waals surface area (Å²) in [5.74, 6) is -0.755. The van der Waals surface area contributed by atoms with Crippen LogP contribution in [-0.4, -0.2) is 45.2 Å². The van der Waals surface area contributed by atoms with Crippen LogP contribution in [0.25, 0.3) is 0 Å². The Morgan fingerprint density at radius 2 is 1.63 bits per heavy atom. The van der Waals surface area contributed by atoms with Crippen molar-refractivity contribution in [2.24, 2.45) is 0 Å². The van der Waals surface area contributed by atoms with E-state index in [1.807, 2.05) is 18.2 Å². The fourth-order valence-electron chi connectivity index (χ4n) is 3.24. The van der Waals surface area contributed by atoms with E-state index >= 15 is 0 Å². The van der Waals surface area contributed by atoms with E-state index in [0.29, 0.717) is 17.2 Å². The van der Waals surface area contributed by atoms with E-state index in [4.69, 9.17) is 14.2 Å². The number of anilines is 1. The third-order valence-electron chi connectivity index (χ3n) is 4.75. The van der Waals surface area contributed by atoms with Crippen LogP contribution in [0.5, 0.6) is 11.5 Å². The zero-order valence-corrected chi connectivity index (χ0v) is 16.9. The molecule has 2 aromatic carbocycles. The number of fused-ring (bicyclic) bond motifs is 1. The van der Waals surface area contributed by atoms with Gasteiger partial charge >= 0.3 is 5.97 Å². The summed E-state index contributed by atoms with van der Waals surface area (Å²) >= 11 is 0. The third-order valence-corrected chi connectivity index (χ3v) is 4.75. The number of ether oxygens (including phenoxy) is 3. The van der Waals surface area contributed by atoms with Gasteiger partial charge in [0.2, 0.25) is 0 Å². The van der Waals surface area contributed by atoms with Gasteiger partial charge in [-0.1, -0.05) is 6.07 Å². The van der Waals surface area contributed by atoms with Crippen LogP contribution in [0.3, 0.4) is 0 Å². The highest BCUT2D eigenvalue weighted by Gasteiger charge is 2.14. The van der Waals surface area contributed by atoms with E-state index in [1.54, 1.807) is 6.07 Å². The lowest BCUT2D eigenvalue weighted by Crippen LogP contribution is -2.32. The number of aryl methyl sites for hydroxylation is 2. The minimum atomic E-state index is -0.720. The number of hydrogen-bond donors (Lipinski definition) is 2. The zero-order chi connectivity index (χ0) is 21.5. The minimum absolute atomic E-state index is 0.272. The van der Waals surface area contributed by atoms with Gasteiger partial charge in [0, 0.05) is 17.3 Å². The first-order chi connectivity index (χ1) is 14.5. The molecule has 0 spiro atoms. The van der Waals surface area contributed by atoms with Crippen molar-refractivity contribution < 1.29 is 28.6 Å². The summed E-state index contributed by atoms with van der Waals surface area (Å²) in [7, 11) is 2.95. The topological polar surface area (TPSA) is 103 Å². The average molecular weight is 412 g/mol. The monoisotopic (exact) mass is 412 g/mol. The van der Waals surface area contributed by atoms with Gasteiger partial charge in [0.1, 0.15) is 18.0 Å². The number of esters is 1. The highest BCUT2D eigenvalue weighted by Crippen LogP contribution is 2.25. The van der Waals surface area contributed by atoms with Crippen molar-refractivity contribution in [2.45, 2.75) is 19.3 Å². The standard InChI is InChI=1S/C22H24N2O6/c1-28-18-9-16(10-19(11-18)29-2)22(27)23-12-21(26)30-13-20(25)24-17-7-6-14-4-3-5-15(14)8-17/h6-11H,3-5,12-13H2,1-2H3,(H,23,27)(H,24,25). The first kappa shape index (κ1) is 21.2. The highest BCUT2D eigenvalue weighted by atomic mass is 16.5. The van der Waals surface area contributed by atoms with Crippen molar-refractivity contribution in [3.63, 3.8) is 0 Å². The SMILES string of the molecule is COc1cc(OC)cc(C(=O)NCC(=O)OCC(=O)Nc2ccc3c(c2)CCC3)c1. The van der Waals surface area contributed by atoms with Gasteiger partial charge in [-0.2, -0.15) is 0 Å². The van der Waals surface area contributed by atoms with E-state index in [-0.39, 0.29) is 12.1 Å². The molecule has 2 aromatic rings. The molecular formula is C22H24N2O6. The highest BCUT2D eigenvalue weighted by molar-refractivity contribution is 5.97. The summed E-state index contributed by atoms with van der Waals surface area (Å²) in [6.07, 6.45) is 3.20. The van der Waals surface area contributed by atoms with Crippen LogP contribution in [0, 0.1) is 0 Å². The summed E-state index contributed by atoms with van der Waals surface area (Å²) in [5.41, 5.74) is 3.50. The molecule has 8 heteroatoms. The Bertz CT molecular complexity index is 934. The lowest BCUT2D eigenvalue weighted by atomic mass is 10.1. The van der Waals surface area contributed by atoms with Gasteiger partial charge in [-0.3, -0.25) is 14.4 Å². The zero-order valence-electron chi connectivity index (χ0n) is 16.9. The van der Waals surface area contributed by atoms with Crippen molar-refractivity contribution >= 4 is 23.5 Å². The van der Waals surface area contributed by atoms with Crippen LogP contribution >= 0.6 is 0 Å². The van der Waals surface area contributed by atoms with Crippen LogP contribution in [-0.2, 0) is 27.2 Å². The van der Waals surface area contributed by atoms with Crippen molar-refractivity contribution in [3.8, 4) is 11.5 Å². The first-order valence-corrected chi connectivity index (χ1v) is 9.57. The van der Waals surface area contributed by atoms with Crippen molar-refractivity contribution in [1.82, 2.24) is 5.32 Å². The Morgan fingerprint density at radius 3 is 2.33 bits per heavy atom. The van der Waals surface area contributed by atoms with Crippen LogP contribution in [0.1, 0.15) is 27.9 Å². The number of rotatable bonds is 8. The molecule has 1 aliphatic rings. The van der Waals surface area contributed by atoms with E-state index in [1.165, 1.54) is 37.5 Å². The molecule has 2 amide bonds. The summed E-state index contributed by atoms with van der Waals surface area (Å²) in [5, 5.41) is 5.16. The number of amides is 2. The van der Waals surface area contributed by atoms with E-state index in [9.17, 15) is 14.4 Å². The Kier molecular flexibility index (Phi) is 6.90. The predicted molar refractivity (Wildman–Crippen MR) is 110 cm³/mol. The molecule has 0 saturated heterocycles. The quantitative estimate of drug-likeness (QED) is 0.644. The first-order valence-electron chi connectivity index (χ1n) is 9.57. The summed E-state index contributed by atoms with van der Waals surface area (Å²) < 4.78 is 15.2. The molecule has 0 atom stereocenters. The van der Waals surface area contributed by atoms with Crippen LogP contribution in [0.15, 0.2) is 36.4 Å². The molecule has 0 aliphatic heterocycles. The molecule has 8 nitrogen and oxygen atoms in total. The number of nitrogens with one attached hydrogen (secondary N) is 2. The second-order valence-electron chi connectivity index (χ2n) is 6.83. The minimum Gasteiger partial charge on any atom is -0.497 e. The Labute approximate surface area is 174 Å². The normalized spacial score (nSPS) is 11.9. The van der Waals surface area contributed by atoms with Crippen LogP contribution in [0.4, 0.5) is 5.69 Å². The Balaban J connectivity index is 1.44. The smallest absolute Gasteiger partial charge is 0.325 e. The van der Waals surface area contributed by atoms with Gasteiger partial charge in [0.15, 0.2) is 6.61 Å². The van der Waals surface area contributed by atoms with Gasteiger partial charge in [-0.05, 0) is 54.7 Å². The lowest BCUT2D eigenvalue weighted by Gasteiger charge is -2.10. The molecule has 0 aromatic heterocycles. The third kappa shape index (κ3) is 5.50. The molecule has 0 radical (unpaired) electrons. The van der Waals surface area contributed by atoms with E-state index in [2.05, 4.69) is 10.6 Å². The average Bonchev–Trinajstić information content (AvgIpc) is 3.23. The maximum absolute atomic E-state index is 12.2. The molecular weight excluding hydrogens is 388 g/mol. The fraction of sp³-hybridized carbons (Fsp3) is 0.318. The molecule has 0 unspecified atom stereocenters. The van der Waals surface area contributed by atoms with Crippen molar-refractivity contribution in [1.29, 1.82) is 0 Å². The Hall–Kier alpha value is -3.55. The lowest BCUT2D eigenvalue weighted by molar-refractivity contribution is -0.146. The second-order valence-corrected chi connectivity index (χ2v) is 6.83. The molecule has 0 bridgehead atoms. The summed E-state index contributed by atoms with van der Waals surface area (Å²) in [4.78, 5) is 36.1. The van der Waals surface area contributed by atoms with Gasteiger partial charge in [-0.15, -0.1) is 0 Å². The van der Waals surface area contributed by atoms with Crippen molar-refractivity contribution in [2.75, 3.05) is 32.7 Å². The van der Waals surface area contributed by atoms with E-state index in [0.717, 1.165) is 19.3 Å². The molecule has 0 saturated carbocycles. The molecule has 30 heavy (non-hydrogen) atoms. The number of hydrogen-bond acceptors (Lipinski definition) is 6. The molecule has 0 fully saturated rings. The number of benzene rings is 2. The molecule has 1 aliphatic carbocycles. The molecule has 3 rings (SSSR count). The van der Waals surface area contributed by atoms with E-state index < -0.39 is 24.4 Å². The summed E-state index contributed by atoms with van der Waals surface area (Å²) in [6.45, 7) is -0.802. The van der Waals surface area contributed by atoms with Crippen LogP contribution < -0.4 is 20.1 Å². The number of carbonyl (C=O) groups excluding carboxylic acids is 3. The fourth-order valence-corrected chi connectivity index (χ4v) is 3.24. The number of carbonyl (C=O) groups is 3. The maximum Gasteiger partial charge on any atom is 0.325 e. The molecule has 2 N–H and O–H groups in total. The van der Waals surface area contributed by atoms with Gasteiger partial charge in [-0.25, -0.2) is 0 Å². The molecule has 0 heterocycles. The van der Waals surface area contributed by atoms with Crippen molar-refractivity contribution in [3.05, 3.63) is 53.1 Å². The largest absolute Gasteiger partial charge is 0.497 e. The summed E-state index contributed by atoms with van der Waals surface area (Å²) in [6, 6.07) is 10.5. The second kappa shape index (κ2) is 9.78.